The Kier molecular flexibility index (Phi) is 35.1. The van der Waals surface area contributed by atoms with E-state index in [2.05, 4.69) is 21.3 Å². The molecule has 210 valence electrons. The number of hydrogen-bond acceptors (Lipinski definition) is 7. The summed E-state index contributed by atoms with van der Waals surface area (Å²) >= 11 is 0. The van der Waals surface area contributed by atoms with Crippen LogP contribution in [-0.4, -0.2) is 68.5 Å². The van der Waals surface area contributed by atoms with Crippen LogP contribution >= 0.6 is 0 Å². The van der Waals surface area contributed by atoms with Gasteiger partial charge in [-0.1, -0.05) is 50.6 Å². The van der Waals surface area contributed by atoms with Gasteiger partial charge in [0.25, 0.3) is 0 Å². The predicted octanol–water partition coefficient (Wildman–Crippen LogP) is -4.89. The van der Waals surface area contributed by atoms with Crippen LogP contribution in [0.1, 0.15) is 57.9 Å². The van der Waals surface area contributed by atoms with Crippen LogP contribution in [0.3, 0.4) is 0 Å². The van der Waals surface area contributed by atoms with E-state index in [4.69, 9.17) is 4.74 Å². The van der Waals surface area contributed by atoms with Crippen molar-refractivity contribution in [2.45, 2.75) is 58.8 Å². The fourth-order valence-corrected chi connectivity index (χ4v) is 3.22. The molecule has 0 saturated heterocycles. The summed E-state index contributed by atoms with van der Waals surface area (Å²) in [4.78, 5) is 68.7. The molecule has 1 atom stereocenters. The minimum absolute atomic E-state index is 0. The Hall–Kier alpha value is 1.82. The summed E-state index contributed by atoms with van der Waals surface area (Å²) < 4.78 is 5.36. The van der Waals surface area contributed by atoms with Gasteiger partial charge in [-0.05, 0) is 31.9 Å². The van der Waals surface area contributed by atoms with Crippen molar-refractivity contribution in [1.82, 2.24) is 5.32 Å². The van der Waals surface area contributed by atoms with E-state index >= 15 is 0 Å². The summed E-state index contributed by atoms with van der Waals surface area (Å²) in [6.07, 6.45) is 3.50. The van der Waals surface area contributed by atoms with Crippen LogP contribution in [0.25, 0.3) is 16.0 Å². The SMILES string of the molecule is CC(=O)CC(=O)Cc1ccc([N-]C(=O)CC(=O)[N-]CCOCCC[N-]C(=O)NCCCCC(C)C=O)cc1.[Rb+].[Rb+].[Rb+]. The molecular weight excluding hydrogens is 749 g/mol. The van der Waals surface area contributed by atoms with Crippen LogP contribution in [0.5, 0.6) is 0 Å². The zero-order chi connectivity index (χ0) is 28.2. The molecule has 4 amide bonds. The number of ketones is 2. The molecule has 0 aliphatic rings. The summed E-state index contributed by atoms with van der Waals surface area (Å²) in [5.74, 6) is -1.55. The van der Waals surface area contributed by atoms with Crippen molar-refractivity contribution in [3.8, 4) is 0 Å². The van der Waals surface area contributed by atoms with Crippen LogP contribution in [0, 0.1) is 5.92 Å². The van der Waals surface area contributed by atoms with Crippen LogP contribution < -0.4 is 180 Å². The van der Waals surface area contributed by atoms with E-state index < -0.39 is 18.2 Å². The van der Waals surface area contributed by atoms with Gasteiger partial charge in [0.2, 0.25) is 0 Å². The number of Topliss-reactive ketones (excluding diaryl/α,β-unsaturated/α-hetero) is 2. The van der Waals surface area contributed by atoms with Gasteiger partial charge in [-0.3, -0.25) is 14.4 Å². The average molecular weight is 786 g/mol. The average Bonchev–Trinajstić information content (AvgIpc) is 2.85. The third-order valence-electron chi connectivity index (χ3n) is 5.16. The van der Waals surface area contributed by atoms with Crippen LogP contribution in [0.2, 0.25) is 0 Å². The number of unbranched alkanes of at least 4 members (excludes halogenated alkanes) is 1. The third kappa shape index (κ3) is 27.8. The molecule has 0 radical (unpaired) electrons. The van der Waals surface area contributed by atoms with Gasteiger partial charge in [0.05, 0.1) is 18.2 Å². The number of benzene rings is 1. The van der Waals surface area contributed by atoms with Crippen LogP contribution in [0.15, 0.2) is 24.3 Å². The number of ether oxygens (including phenoxy) is 1. The summed E-state index contributed by atoms with van der Waals surface area (Å²) in [5.41, 5.74) is 1.07. The maximum atomic E-state index is 12.0. The molecule has 0 saturated carbocycles. The van der Waals surface area contributed by atoms with Gasteiger partial charge in [0, 0.05) is 32.0 Å². The van der Waals surface area contributed by atoms with E-state index in [0.29, 0.717) is 37.4 Å². The van der Waals surface area contributed by atoms with Crippen molar-refractivity contribution in [2.24, 2.45) is 5.92 Å². The number of aldehydes is 1. The molecule has 0 heterocycles. The molecule has 0 bridgehead atoms. The van der Waals surface area contributed by atoms with E-state index in [1.165, 1.54) is 6.92 Å². The molecule has 0 aromatic heterocycles. The number of carbonyl (C=O) groups is 6. The minimum atomic E-state index is -0.629. The van der Waals surface area contributed by atoms with Gasteiger partial charge in [0.1, 0.15) is 17.9 Å². The van der Waals surface area contributed by atoms with E-state index in [9.17, 15) is 28.8 Å². The molecule has 1 unspecified atom stereocenters. The Labute approximate surface area is 389 Å². The van der Waals surface area contributed by atoms with Crippen LogP contribution in [-0.2, 0) is 35.1 Å². The third-order valence-corrected chi connectivity index (χ3v) is 5.16. The van der Waals surface area contributed by atoms with E-state index in [0.717, 1.165) is 25.5 Å². The van der Waals surface area contributed by atoms with Crippen LogP contribution in [0.4, 0.5) is 10.5 Å². The maximum absolute atomic E-state index is 12.0. The van der Waals surface area contributed by atoms with Crippen molar-refractivity contribution in [3.05, 3.63) is 45.8 Å². The molecule has 1 aromatic rings. The van der Waals surface area contributed by atoms with Gasteiger partial charge < -0.3 is 40.4 Å². The summed E-state index contributed by atoms with van der Waals surface area (Å²) in [6, 6.07) is 6.05. The smallest absolute Gasteiger partial charge is 0.651 e. The normalized spacial score (nSPS) is 10.4. The van der Waals surface area contributed by atoms with Crippen molar-refractivity contribution < 1.29 is 208 Å². The number of carbonyl (C=O) groups excluding carboxylic acids is 6. The van der Waals surface area contributed by atoms with Gasteiger partial charge >= 0.3 is 175 Å². The molecule has 0 aliphatic heterocycles. The molecule has 1 aromatic carbocycles. The Balaban J connectivity index is -0.00000481. The fourth-order valence-electron chi connectivity index (χ4n) is 3.22. The number of rotatable bonds is 20. The second-order valence-electron chi connectivity index (χ2n) is 8.91. The number of nitrogens with zero attached hydrogens (tertiary/aromatic N) is 3. The number of amides is 4. The monoisotopic (exact) mass is 784 g/mol. The summed E-state index contributed by atoms with van der Waals surface area (Å²) in [7, 11) is 0. The quantitative estimate of drug-likeness (QED) is 0.0787. The molecule has 1 rings (SSSR count). The zero-order valence-electron chi connectivity index (χ0n) is 25.1. The van der Waals surface area contributed by atoms with Crippen molar-refractivity contribution in [3.63, 3.8) is 0 Å². The summed E-state index contributed by atoms with van der Waals surface area (Å²) in [5, 5.41) is 14.2. The van der Waals surface area contributed by atoms with Gasteiger partial charge in [-0.25, -0.2) is 0 Å². The molecule has 0 fully saturated rings. The number of nitrogens with one attached hydrogen (secondary N) is 1. The maximum Gasteiger partial charge on any atom is 1.00 e. The van der Waals surface area contributed by atoms with Crippen molar-refractivity contribution >= 4 is 41.4 Å². The Morgan fingerprint density at radius 1 is 0.878 bits per heavy atom. The first-order valence-electron chi connectivity index (χ1n) is 12.7. The molecule has 0 aliphatic carbocycles. The molecule has 11 nitrogen and oxygen atoms in total. The first kappa shape index (κ1) is 47.2. The number of hydrogen-bond donors (Lipinski definition) is 1. The largest absolute Gasteiger partial charge is 1.00 e. The molecular formula is C27H37N4O7Rb3. The second-order valence-corrected chi connectivity index (χ2v) is 8.91. The molecule has 41 heavy (non-hydrogen) atoms. The van der Waals surface area contributed by atoms with Gasteiger partial charge in [-0.2, -0.15) is 0 Å². The fraction of sp³-hybridized carbons (Fsp3) is 0.556. The van der Waals surface area contributed by atoms with Crippen molar-refractivity contribution in [2.75, 3.05) is 32.8 Å². The second kappa shape index (κ2) is 30.5. The zero-order valence-corrected chi connectivity index (χ0v) is 39.9. The first-order chi connectivity index (χ1) is 18.2. The standard InChI is InChI=1S/C27H40N4O7.3Rb/c1-20(19-32)6-3-4-11-29-27(37)30-12-5-14-38-15-13-28-25(35)18-26(36)31-23-9-7-22(8-10-23)17-24(34)16-21(2)33;;;/h7-10,19-20H,3-6,11-18H2,1-2H3,(H4,28,29,30,31,35,36,37);;;/q;3*+1/p-3. The Bertz CT molecular complexity index is 934. The molecule has 0 spiro atoms. The first-order valence-corrected chi connectivity index (χ1v) is 12.7. The minimum Gasteiger partial charge on any atom is -0.651 e. The predicted molar refractivity (Wildman–Crippen MR) is 142 cm³/mol. The number of urea groups is 1. The van der Waals surface area contributed by atoms with E-state index in [-0.39, 0.29) is 224 Å². The Morgan fingerprint density at radius 3 is 2.20 bits per heavy atom. The Morgan fingerprint density at radius 2 is 1.56 bits per heavy atom. The molecule has 14 heteroatoms. The van der Waals surface area contributed by atoms with Gasteiger partial charge in [-0.15, -0.1) is 12.2 Å². The molecule has 1 N–H and O–H groups in total. The van der Waals surface area contributed by atoms with E-state index in [1.807, 2.05) is 6.92 Å². The topological polar surface area (TPSA) is 166 Å². The van der Waals surface area contributed by atoms with E-state index in [1.54, 1.807) is 24.3 Å². The van der Waals surface area contributed by atoms with Gasteiger partial charge in [0.15, 0.2) is 6.03 Å². The summed E-state index contributed by atoms with van der Waals surface area (Å²) in [6.45, 7) is 4.72. The van der Waals surface area contributed by atoms with Crippen molar-refractivity contribution in [1.29, 1.82) is 0 Å².